The third-order valence-corrected chi connectivity index (χ3v) is 3.56. The molecule has 2 unspecified atom stereocenters. The van der Waals surface area contributed by atoms with Crippen LogP contribution in [-0.4, -0.2) is 18.0 Å². The van der Waals surface area contributed by atoms with Crippen LogP contribution in [0.1, 0.15) is 51.5 Å². The minimum atomic E-state index is -0.760. The topological polar surface area (TPSA) is 55.1 Å². The van der Waals surface area contributed by atoms with Gasteiger partial charge in [0.25, 0.3) is 0 Å². The lowest BCUT2D eigenvalue weighted by Crippen LogP contribution is -2.52. The molecule has 0 aliphatic carbocycles. The normalized spacial score (nSPS) is 14.8. The number of nitrogens with two attached hydrogens (primary N) is 1. The van der Waals surface area contributed by atoms with E-state index in [9.17, 15) is 4.79 Å². The number of nitrogens with one attached hydrogen (secondary N) is 1. The van der Waals surface area contributed by atoms with Gasteiger partial charge in [0.05, 0.1) is 5.54 Å². The summed E-state index contributed by atoms with van der Waals surface area (Å²) in [5.41, 5.74) is 6.53. The van der Waals surface area contributed by atoms with Crippen molar-refractivity contribution in [2.75, 3.05) is 6.54 Å². The average molecular weight is 299 g/mol. The van der Waals surface area contributed by atoms with E-state index in [2.05, 4.69) is 24.4 Å². The van der Waals surface area contributed by atoms with Gasteiger partial charge in [-0.1, -0.05) is 50.6 Å². The van der Waals surface area contributed by atoms with Gasteiger partial charge >= 0.3 is 0 Å². The molecule has 3 N–H and O–H groups in total. The molecule has 0 saturated carbocycles. The second-order valence-electron chi connectivity index (χ2n) is 5.39. The smallest absolute Gasteiger partial charge is 0.239 e. The monoisotopic (exact) mass is 298 g/mol. The van der Waals surface area contributed by atoms with Crippen LogP contribution >= 0.6 is 12.4 Å². The number of carbonyl (C=O) groups excluding carboxylic acids is 1. The van der Waals surface area contributed by atoms with Gasteiger partial charge in [-0.2, -0.15) is 0 Å². The Hall–Kier alpha value is -1.06. The van der Waals surface area contributed by atoms with Gasteiger partial charge in [-0.25, -0.2) is 0 Å². The fourth-order valence-electron chi connectivity index (χ4n) is 2.27. The highest BCUT2D eigenvalue weighted by atomic mass is 35.5. The van der Waals surface area contributed by atoms with E-state index in [4.69, 9.17) is 5.73 Å². The number of hydrogen-bond acceptors (Lipinski definition) is 2. The highest BCUT2D eigenvalue weighted by molar-refractivity contribution is 5.85. The Morgan fingerprint density at radius 1 is 1.30 bits per heavy atom. The van der Waals surface area contributed by atoms with Crippen LogP contribution < -0.4 is 11.1 Å². The van der Waals surface area contributed by atoms with Crippen LogP contribution in [-0.2, 0) is 4.79 Å². The molecule has 2 atom stereocenters. The van der Waals surface area contributed by atoms with Crippen LogP contribution in [0, 0.1) is 0 Å². The van der Waals surface area contributed by atoms with Gasteiger partial charge < -0.3 is 11.1 Å². The molecule has 0 aliphatic rings. The van der Waals surface area contributed by atoms with Gasteiger partial charge in [0, 0.05) is 12.5 Å². The van der Waals surface area contributed by atoms with E-state index < -0.39 is 5.54 Å². The zero-order chi connectivity index (χ0) is 14.3. The Morgan fingerprint density at radius 2 is 1.90 bits per heavy atom. The van der Waals surface area contributed by atoms with Gasteiger partial charge in [-0.15, -0.1) is 12.4 Å². The SMILES string of the molecule is CCCC(C)(N)C(=O)NCC(CC)c1ccccc1.Cl. The number of halogens is 1. The molecule has 0 aliphatic heterocycles. The summed E-state index contributed by atoms with van der Waals surface area (Å²) in [6, 6.07) is 10.3. The molecule has 4 heteroatoms. The quantitative estimate of drug-likeness (QED) is 0.812. The Kier molecular flexibility index (Phi) is 8.51. The molecule has 0 aromatic heterocycles. The maximum atomic E-state index is 12.1. The number of amides is 1. The first-order valence-electron chi connectivity index (χ1n) is 7.13. The molecule has 1 aromatic rings. The molecular formula is C16H27ClN2O. The summed E-state index contributed by atoms with van der Waals surface area (Å²) >= 11 is 0. The van der Waals surface area contributed by atoms with Crippen LogP contribution in [0.15, 0.2) is 30.3 Å². The van der Waals surface area contributed by atoms with Crippen molar-refractivity contribution in [1.29, 1.82) is 0 Å². The van der Waals surface area contributed by atoms with Crippen LogP contribution in [0.5, 0.6) is 0 Å². The van der Waals surface area contributed by atoms with Crippen molar-refractivity contribution >= 4 is 18.3 Å². The molecule has 0 saturated heterocycles. The first-order valence-corrected chi connectivity index (χ1v) is 7.13. The summed E-state index contributed by atoms with van der Waals surface area (Å²) in [5.74, 6) is 0.298. The fraction of sp³-hybridized carbons (Fsp3) is 0.562. The van der Waals surface area contributed by atoms with E-state index in [1.165, 1.54) is 5.56 Å². The molecule has 0 fully saturated rings. The lowest BCUT2D eigenvalue weighted by atomic mass is 9.94. The third-order valence-electron chi connectivity index (χ3n) is 3.56. The predicted octanol–water partition coefficient (Wildman–Crippen LogP) is 3.24. The predicted molar refractivity (Wildman–Crippen MR) is 87.2 cm³/mol. The summed E-state index contributed by atoms with van der Waals surface area (Å²) in [4.78, 5) is 12.1. The van der Waals surface area contributed by atoms with Crippen LogP contribution in [0.2, 0.25) is 0 Å². The molecule has 0 spiro atoms. The maximum absolute atomic E-state index is 12.1. The first-order chi connectivity index (χ1) is 9.01. The lowest BCUT2D eigenvalue weighted by Gasteiger charge is -2.24. The van der Waals surface area contributed by atoms with E-state index in [1.54, 1.807) is 6.92 Å². The Morgan fingerprint density at radius 3 is 2.40 bits per heavy atom. The van der Waals surface area contributed by atoms with Crippen molar-refractivity contribution in [2.45, 2.75) is 51.5 Å². The molecule has 3 nitrogen and oxygen atoms in total. The molecule has 1 amide bonds. The summed E-state index contributed by atoms with van der Waals surface area (Å²) in [5, 5.41) is 2.99. The molecule has 20 heavy (non-hydrogen) atoms. The van der Waals surface area contributed by atoms with E-state index in [-0.39, 0.29) is 18.3 Å². The van der Waals surface area contributed by atoms with E-state index >= 15 is 0 Å². The molecule has 1 aromatic carbocycles. The third kappa shape index (κ3) is 5.51. The summed E-state index contributed by atoms with van der Waals surface area (Å²) in [7, 11) is 0. The number of carbonyl (C=O) groups is 1. The Bertz CT molecular complexity index is 393. The second kappa shape index (κ2) is 8.98. The molecule has 0 bridgehead atoms. The van der Waals surface area contributed by atoms with Gasteiger partial charge in [0.2, 0.25) is 5.91 Å². The van der Waals surface area contributed by atoms with Crippen molar-refractivity contribution in [1.82, 2.24) is 5.32 Å². The van der Waals surface area contributed by atoms with Gasteiger partial charge in [0.15, 0.2) is 0 Å². The molecule has 0 radical (unpaired) electrons. The minimum Gasteiger partial charge on any atom is -0.354 e. The largest absolute Gasteiger partial charge is 0.354 e. The Balaban J connectivity index is 0.00000361. The highest BCUT2D eigenvalue weighted by Gasteiger charge is 2.27. The first kappa shape index (κ1) is 18.9. The van der Waals surface area contributed by atoms with Crippen molar-refractivity contribution < 1.29 is 4.79 Å². The van der Waals surface area contributed by atoms with E-state index in [0.717, 1.165) is 12.8 Å². The van der Waals surface area contributed by atoms with Crippen LogP contribution in [0.4, 0.5) is 0 Å². The van der Waals surface area contributed by atoms with Crippen LogP contribution in [0.25, 0.3) is 0 Å². The summed E-state index contributed by atoms with van der Waals surface area (Å²) in [6.07, 6.45) is 2.62. The molecular weight excluding hydrogens is 272 g/mol. The minimum absolute atomic E-state index is 0. The zero-order valence-electron chi connectivity index (χ0n) is 12.7. The van der Waals surface area contributed by atoms with Crippen molar-refractivity contribution in [3.8, 4) is 0 Å². The standard InChI is InChI=1S/C16H26N2O.ClH/c1-4-11-16(3,17)15(19)18-12-13(5-2)14-9-7-6-8-10-14;/h6-10,13H,4-5,11-12,17H2,1-3H3,(H,18,19);1H. The van der Waals surface area contributed by atoms with Crippen molar-refractivity contribution in [2.24, 2.45) is 5.73 Å². The number of hydrogen-bond donors (Lipinski definition) is 2. The molecule has 0 heterocycles. The van der Waals surface area contributed by atoms with Gasteiger partial charge in [0.1, 0.15) is 0 Å². The average Bonchev–Trinajstić information content (AvgIpc) is 2.40. The summed E-state index contributed by atoms with van der Waals surface area (Å²) < 4.78 is 0. The Labute approximate surface area is 128 Å². The maximum Gasteiger partial charge on any atom is 0.239 e. The molecule has 114 valence electrons. The van der Waals surface area contributed by atoms with Gasteiger partial charge in [-0.3, -0.25) is 4.79 Å². The zero-order valence-corrected chi connectivity index (χ0v) is 13.5. The summed E-state index contributed by atoms with van der Waals surface area (Å²) in [6.45, 7) is 6.62. The van der Waals surface area contributed by atoms with Crippen molar-refractivity contribution in [3.63, 3.8) is 0 Å². The number of rotatable bonds is 7. The van der Waals surface area contributed by atoms with Crippen molar-refractivity contribution in [3.05, 3.63) is 35.9 Å². The molecule has 1 rings (SSSR count). The van der Waals surface area contributed by atoms with Gasteiger partial charge in [-0.05, 0) is 25.3 Å². The van der Waals surface area contributed by atoms with Crippen LogP contribution in [0.3, 0.4) is 0 Å². The van der Waals surface area contributed by atoms with E-state index in [0.29, 0.717) is 18.9 Å². The fourth-order valence-corrected chi connectivity index (χ4v) is 2.27. The highest BCUT2D eigenvalue weighted by Crippen LogP contribution is 2.18. The lowest BCUT2D eigenvalue weighted by molar-refractivity contribution is -0.126. The number of benzene rings is 1. The van der Waals surface area contributed by atoms with E-state index in [1.807, 2.05) is 25.1 Å². The second-order valence-corrected chi connectivity index (χ2v) is 5.39.